The molecule has 1 aliphatic rings. The Kier molecular flexibility index (Phi) is 5.33. The first-order valence-electron chi connectivity index (χ1n) is 9.62. The molecule has 1 unspecified atom stereocenters. The van der Waals surface area contributed by atoms with Crippen LogP contribution in [0.15, 0.2) is 71.3 Å². The number of hydrogen-bond acceptors (Lipinski definition) is 4. The van der Waals surface area contributed by atoms with E-state index in [2.05, 4.69) is 5.32 Å². The number of furan rings is 1. The molecule has 6 nitrogen and oxygen atoms in total. The van der Waals surface area contributed by atoms with Crippen molar-refractivity contribution in [3.63, 3.8) is 0 Å². The van der Waals surface area contributed by atoms with Crippen molar-refractivity contribution in [1.29, 1.82) is 0 Å². The predicted molar refractivity (Wildman–Crippen MR) is 110 cm³/mol. The van der Waals surface area contributed by atoms with Gasteiger partial charge in [-0.05, 0) is 61.4 Å². The van der Waals surface area contributed by atoms with Crippen molar-refractivity contribution in [3.05, 3.63) is 78.3 Å². The maximum absolute atomic E-state index is 12.6. The van der Waals surface area contributed by atoms with Crippen LogP contribution >= 0.6 is 0 Å². The molecule has 1 aliphatic heterocycles. The standard InChI is InChI=1S/C23H22N2O4/c1-2-25(23(27)21-8-5-13-28-21)19-11-9-18(10-12-19)24-22(26)17-14-16-6-3-4-7-20(16)29-15-17/h3-13,17H,2,14-15H2,1H3,(H,24,26). The second-order valence-corrected chi connectivity index (χ2v) is 6.88. The molecule has 0 radical (unpaired) electrons. The number of amides is 2. The number of nitrogens with one attached hydrogen (secondary N) is 1. The van der Waals surface area contributed by atoms with E-state index in [0.717, 1.165) is 17.0 Å². The summed E-state index contributed by atoms with van der Waals surface area (Å²) in [6.45, 7) is 2.77. The van der Waals surface area contributed by atoms with Crippen LogP contribution in [0, 0.1) is 5.92 Å². The van der Waals surface area contributed by atoms with Crippen molar-refractivity contribution < 1.29 is 18.7 Å². The summed E-state index contributed by atoms with van der Waals surface area (Å²) in [7, 11) is 0. The van der Waals surface area contributed by atoms with Gasteiger partial charge < -0.3 is 19.4 Å². The third kappa shape index (κ3) is 4.01. The molecule has 148 valence electrons. The number of benzene rings is 2. The highest BCUT2D eigenvalue weighted by molar-refractivity contribution is 6.04. The van der Waals surface area contributed by atoms with Gasteiger partial charge in [0.2, 0.25) is 5.91 Å². The number of fused-ring (bicyclic) bond motifs is 1. The van der Waals surface area contributed by atoms with Crippen molar-refractivity contribution in [2.45, 2.75) is 13.3 Å². The molecule has 0 saturated heterocycles. The number of rotatable bonds is 5. The van der Waals surface area contributed by atoms with Crippen LogP contribution in [-0.4, -0.2) is 25.0 Å². The fourth-order valence-electron chi connectivity index (χ4n) is 3.44. The smallest absolute Gasteiger partial charge is 0.293 e. The summed E-state index contributed by atoms with van der Waals surface area (Å²) in [5.41, 5.74) is 2.46. The summed E-state index contributed by atoms with van der Waals surface area (Å²) in [6.07, 6.45) is 2.13. The quantitative estimate of drug-likeness (QED) is 0.711. The molecule has 3 aromatic rings. The van der Waals surface area contributed by atoms with Crippen LogP contribution in [-0.2, 0) is 11.2 Å². The van der Waals surface area contributed by atoms with Gasteiger partial charge in [-0.3, -0.25) is 9.59 Å². The highest BCUT2D eigenvalue weighted by atomic mass is 16.5. The van der Waals surface area contributed by atoms with Crippen LogP contribution < -0.4 is 15.0 Å². The van der Waals surface area contributed by atoms with Crippen LogP contribution in [0.25, 0.3) is 0 Å². The molecule has 0 bridgehead atoms. The van der Waals surface area contributed by atoms with E-state index >= 15 is 0 Å². The van der Waals surface area contributed by atoms with Gasteiger partial charge in [0.15, 0.2) is 5.76 Å². The second kappa shape index (κ2) is 8.22. The van der Waals surface area contributed by atoms with E-state index in [1.807, 2.05) is 43.3 Å². The predicted octanol–water partition coefficient (Wildman–Crippen LogP) is 4.14. The van der Waals surface area contributed by atoms with E-state index in [0.29, 0.717) is 31.0 Å². The molecule has 4 rings (SSSR count). The van der Waals surface area contributed by atoms with Gasteiger partial charge in [-0.1, -0.05) is 18.2 Å². The average Bonchev–Trinajstić information content (AvgIpc) is 3.30. The zero-order valence-corrected chi connectivity index (χ0v) is 16.1. The summed E-state index contributed by atoms with van der Waals surface area (Å²) >= 11 is 0. The third-order valence-corrected chi connectivity index (χ3v) is 4.99. The number of carbonyl (C=O) groups excluding carboxylic acids is 2. The Balaban J connectivity index is 1.41. The summed E-state index contributed by atoms with van der Waals surface area (Å²) in [5.74, 6) is 0.624. The minimum atomic E-state index is -0.239. The first kappa shape index (κ1) is 18.8. The molecular weight excluding hydrogens is 368 g/mol. The SMILES string of the molecule is CCN(C(=O)c1ccco1)c1ccc(NC(=O)C2COc3ccccc3C2)cc1. The number of ether oxygens (including phenoxy) is 1. The summed E-state index contributed by atoms with van der Waals surface area (Å²) in [5, 5.41) is 2.94. The molecule has 0 spiro atoms. The van der Waals surface area contributed by atoms with Gasteiger partial charge >= 0.3 is 0 Å². The zero-order valence-electron chi connectivity index (χ0n) is 16.1. The van der Waals surface area contributed by atoms with E-state index in [-0.39, 0.29) is 17.7 Å². The van der Waals surface area contributed by atoms with Gasteiger partial charge in [-0.2, -0.15) is 0 Å². The van der Waals surface area contributed by atoms with Crippen molar-refractivity contribution in [2.75, 3.05) is 23.4 Å². The van der Waals surface area contributed by atoms with Crippen LogP contribution in [0.3, 0.4) is 0 Å². The highest BCUT2D eigenvalue weighted by Crippen LogP contribution is 2.28. The monoisotopic (exact) mass is 390 g/mol. The molecule has 2 heterocycles. The first-order chi connectivity index (χ1) is 14.2. The lowest BCUT2D eigenvalue weighted by Gasteiger charge is -2.24. The summed E-state index contributed by atoms with van der Waals surface area (Å²) < 4.78 is 10.9. The normalized spacial score (nSPS) is 15.1. The number of hydrogen-bond donors (Lipinski definition) is 1. The number of para-hydroxylation sites is 1. The Morgan fingerprint density at radius 3 is 2.59 bits per heavy atom. The van der Waals surface area contributed by atoms with Gasteiger partial charge in [0.05, 0.1) is 12.2 Å². The Bertz CT molecular complexity index is 996. The highest BCUT2D eigenvalue weighted by Gasteiger charge is 2.26. The van der Waals surface area contributed by atoms with Crippen LogP contribution in [0.1, 0.15) is 23.0 Å². The summed E-state index contributed by atoms with van der Waals surface area (Å²) in [6, 6.07) is 18.3. The fraction of sp³-hybridized carbons (Fsp3) is 0.217. The lowest BCUT2D eigenvalue weighted by Crippen LogP contribution is -2.32. The van der Waals surface area contributed by atoms with Gasteiger partial charge in [0.25, 0.3) is 5.91 Å². The zero-order chi connectivity index (χ0) is 20.2. The van der Waals surface area contributed by atoms with E-state index in [1.54, 1.807) is 29.2 Å². The molecule has 0 fully saturated rings. The molecule has 29 heavy (non-hydrogen) atoms. The Morgan fingerprint density at radius 2 is 1.86 bits per heavy atom. The maximum Gasteiger partial charge on any atom is 0.293 e. The van der Waals surface area contributed by atoms with Crippen molar-refractivity contribution >= 4 is 23.2 Å². The van der Waals surface area contributed by atoms with Crippen molar-refractivity contribution in [2.24, 2.45) is 5.92 Å². The Labute approximate surface area is 169 Å². The first-order valence-corrected chi connectivity index (χ1v) is 9.62. The largest absolute Gasteiger partial charge is 0.492 e. The molecule has 2 aromatic carbocycles. The minimum Gasteiger partial charge on any atom is -0.492 e. The minimum absolute atomic E-state index is 0.0775. The third-order valence-electron chi connectivity index (χ3n) is 4.99. The lowest BCUT2D eigenvalue weighted by molar-refractivity contribution is -0.121. The molecule has 0 aliphatic carbocycles. The molecule has 1 atom stereocenters. The van der Waals surface area contributed by atoms with Crippen LogP contribution in [0.2, 0.25) is 0 Å². The van der Waals surface area contributed by atoms with Crippen molar-refractivity contribution in [1.82, 2.24) is 0 Å². The molecular formula is C23H22N2O4. The van der Waals surface area contributed by atoms with E-state index in [1.165, 1.54) is 6.26 Å². The van der Waals surface area contributed by atoms with E-state index < -0.39 is 0 Å². The fourth-order valence-corrected chi connectivity index (χ4v) is 3.44. The Morgan fingerprint density at radius 1 is 1.07 bits per heavy atom. The van der Waals surface area contributed by atoms with Gasteiger partial charge in [-0.15, -0.1) is 0 Å². The number of carbonyl (C=O) groups is 2. The van der Waals surface area contributed by atoms with Gasteiger partial charge in [0.1, 0.15) is 12.4 Å². The van der Waals surface area contributed by atoms with Crippen LogP contribution in [0.5, 0.6) is 5.75 Å². The summed E-state index contributed by atoms with van der Waals surface area (Å²) in [4.78, 5) is 26.8. The molecule has 0 saturated carbocycles. The molecule has 1 N–H and O–H groups in total. The maximum atomic E-state index is 12.6. The second-order valence-electron chi connectivity index (χ2n) is 6.88. The van der Waals surface area contributed by atoms with E-state index in [4.69, 9.17) is 9.15 Å². The lowest BCUT2D eigenvalue weighted by atomic mass is 9.96. The van der Waals surface area contributed by atoms with Crippen LogP contribution in [0.4, 0.5) is 11.4 Å². The topological polar surface area (TPSA) is 71.8 Å². The Hall–Kier alpha value is -3.54. The molecule has 2 amide bonds. The van der Waals surface area contributed by atoms with Gasteiger partial charge in [-0.25, -0.2) is 0 Å². The molecule has 6 heteroatoms. The number of anilines is 2. The van der Waals surface area contributed by atoms with Gasteiger partial charge in [0, 0.05) is 17.9 Å². The number of nitrogens with zero attached hydrogens (tertiary/aromatic N) is 1. The van der Waals surface area contributed by atoms with E-state index in [9.17, 15) is 9.59 Å². The van der Waals surface area contributed by atoms with Crippen molar-refractivity contribution in [3.8, 4) is 5.75 Å². The average molecular weight is 390 g/mol. The molecule has 1 aromatic heterocycles.